The molecule has 4 heteroatoms. The van der Waals surface area contributed by atoms with E-state index in [1.54, 1.807) is 19.1 Å². The number of carbonyl (C=O) groups excluding carboxylic acids is 1. The van der Waals surface area contributed by atoms with Gasteiger partial charge in [-0.1, -0.05) is 26.0 Å². The molecule has 0 aliphatic rings. The molecule has 0 fully saturated rings. The van der Waals surface area contributed by atoms with Gasteiger partial charge < -0.3 is 4.74 Å². The zero-order valence-electron chi connectivity index (χ0n) is 11.8. The Morgan fingerprint density at radius 3 is 2.37 bits per heavy atom. The van der Waals surface area contributed by atoms with Crippen LogP contribution < -0.4 is 5.32 Å². The third kappa shape index (κ3) is 3.53. The van der Waals surface area contributed by atoms with Gasteiger partial charge in [0.05, 0.1) is 6.61 Å². The van der Waals surface area contributed by atoms with Crippen molar-refractivity contribution in [3.63, 3.8) is 0 Å². The smallest absolute Gasteiger partial charge is 0.330 e. The predicted molar refractivity (Wildman–Crippen MR) is 73.3 cm³/mol. The first-order chi connectivity index (χ1) is 9.10. The summed E-state index contributed by atoms with van der Waals surface area (Å²) in [4.78, 5) is 12.3. The maximum absolute atomic E-state index is 13.0. The van der Waals surface area contributed by atoms with Crippen LogP contribution in [0.1, 0.15) is 39.2 Å². The fraction of sp³-hybridized carbons (Fsp3) is 0.533. The molecule has 0 radical (unpaired) electrons. The number of hydrogen-bond donors (Lipinski definition) is 1. The van der Waals surface area contributed by atoms with Crippen molar-refractivity contribution in [2.75, 3.05) is 13.2 Å². The number of nitrogens with one attached hydrogen (secondary N) is 1. The highest BCUT2D eigenvalue weighted by Crippen LogP contribution is 2.27. The van der Waals surface area contributed by atoms with Crippen molar-refractivity contribution in [1.82, 2.24) is 5.32 Å². The SMILES string of the molecule is CCCNC(CC)(C(=O)OCC)c1ccc(F)cc1. The summed E-state index contributed by atoms with van der Waals surface area (Å²) in [5.74, 6) is -0.620. The zero-order valence-corrected chi connectivity index (χ0v) is 11.8. The standard InChI is InChI=1S/C15H22FNO2/c1-4-11-17-15(5-2,14(18)19-6-3)12-7-9-13(16)10-8-12/h7-10,17H,4-6,11H2,1-3H3. The molecule has 0 aliphatic heterocycles. The van der Waals surface area contributed by atoms with Gasteiger partial charge in [0.15, 0.2) is 0 Å². The van der Waals surface area contributed by atoms with E-state index >= 15 is 0 Å². The summed E-state index contributed by atoms with van der Waals surface area (Å²) >= 11 is 0. The number of rotatable bonds is 7. The van der Waals surface area contributed by atoms with Crippen LogP contribution >= 0.6 is 0 Å². The number of ether oxygens (including phenoxy) is 1. The second-order valence-electron chi connectivity index (χ2n) is 4.41. The molecule has 0 saturated heterocycles. The van der Waals surface area contributed by atoms with Gasteiger partial charge in [-0.2, -0.15) is 0 Å². The van der Waals surface area contributed by atoms with Crippen molar-refractivity contribution in [2.45, 2.75) is 39.2 Å². The Morgan fingerprint density at radius 2 is 1.89 bits per heavy atom. The number of benzene rings is 1. The van der Waals surface area contributed by atoms with Crippen molar-refractivity contribution in [3.05, 3.63) is 35.6 Å². The molecule has 1 atom stereocenters. The molecule has 0 aliphatic carbocycles. The molecule has 1 aromatic rings. The van der Waals surface area contributed by atoms with Crippen LogP contribution in [0, 0.1) is 5.82 Å². The third-order valence-electron chi connectivity index (χ3n) is 3.17. The first-order valence-electron chi connectivity index (χ1n) is 6.79. The van der Waals surface area contributed by atoms with E-state index in [0.29, 0.717) is 19.6 Å². The molecule has 1 unspecified atom stereocenters. The van der Waals surface area contributed by atoms with Gasteiger partial charge in [-0.15, -0.1) is 0 Å². The van der Waals surface area contributed by atoms with Crippen LogP contribution in [0.3, 0.4) is 0 Å². The number of hydrogen-bond acceptors (Lipinski definition) is 3. The molecule has 1 rings (SSSR count). The summed E-state index contributed by atoms with van der Waals surface area (Å²) in [6.07, 6.45) is 1.46. The molecular weight excluding hydrogens is 245 g/mol. The van der Waals surface area contributed by atoms with Crippen LogP contribution in [0.4, 0.5) is 4.39 Å². The lowest BCUT2D eigenvalue weighted by Crippen LogP contribution is -2.50. The molecule has 3 nitrogen and oxygen atoms in total. The van der Waals surface area contributed by atoms with Crippen LogP contribution in [0.25, 0.3) is 0 Å². The summed E-state index contributed by atoms with van der Waals surface area (Å²) in [6, 6.07) is 6.01. The van der Waals surface area contributed by atoms with E-state index in [-0.39, 0.29) is 11.8 Å². The molecule has 1 N–H and O–H groups in total. The van der Waals surface area contributed by atoms with Crippen LogP contribution in [0.15, 0.2) is 24.3 Å². The van der Waals surface area contributed by atoms with Gasteiger partial charge in [-0.25, -0.2) is 9.18 Å². The van der Waals surface area contributed by atoms with E-state index in [1.807, 2.05) is 13.8 Å². The Balaban J connectivity index is 3.14. The van der Waals surface area contributed by atoms with Gasteiger partial charge in [0.1, 0.15) is 11.4 Å². The first kappa shape index (κ1) is 15.6. The molecule has 19 heavy (non-hydrogen) atoms. The molecule has 0 aromatic heterocycles. The van der Waals surface area contributed by atoms with Gasteiger partial charge in [-0.3, -0.25) is 5.32 Å². The molecule has 0 heterocycles. The number of esters is 1. The van der Waals surface area contributed by atoms with E-state index < -0.39 is 5.54 Å². The minimum atomic E-state index is -0.889. The fourth-order valence-electron chi connectivity index (χ4n) is 2.09. The van der Waals surface area contributed by atoms with E-state index in [0.717, 1.165) is 12.0 Å². The summed E-state index contributed by atoms with van der Waals surface area (Å²) < 4.78 is 18.2. The topological polar surface area (TPSA) is 38.3 Å². The first-order valence-corrected chi connectivity index (χ1v) is 6.79. The molecule has 0 amide bonds. The molecule has 106 valence electrons. The predicted octanol–water partition coefficient (Wildman–Crippen LogP) is 2.99. The fourth-order valence-corrected chi connectivity index (χ4v) is 2.09. The monoisotopic (exact) mass is 267 g/mol. The Kier molecular flexibility index (Phi) is 5.96. The van der Waals surface area contributed by atoms with Gasteiger partial charge in [0, 0.05) is 0 Å². The molecule has 0 bridgehead atoms. The lowest BCUT2D eigenvalue weighted by molar-refractivity contribution is -0.152. The summed E-state index contributed by atoms with van der Waals surface area (Å²) in [5.41, 5.74) is -0.150. The Bertz CT molecular complexity index is 405. The minimum absolute atomic E-state index is 0.308. The average molecular weight is 267 g/mol. The van der Waals surface area contributed by atoms with E-state index in [9.17, 15) is 9.18 Å². The summed E-state index contributed by atoms with van der Waals surface area (Å²) in [7, 11) is 0. The molecule has 0 saturated carbocycles. The number of carbonyl (C=O) groups is 1. The maximum Gasteiger partial charge on any atom is 0.330 e. The second-order valence-corrected chi connectivity index (χ2v) is 4.41. The minimum Gasteiger partial charge on any atom is -0.464 e. The van der Waals surface area contributed by atoms with Crippen LogP contribution in [0.5, 0.6) is 0 Å². The normalized spacial score (nSPS) is 13.9. The molecule has 0 spiro atoms. The van der Waals surface area contributed by atoms with Crippen molar-refractivity contribution in [2.24, 2.45) is 0 Å². The van der Waals surface area contributed by atoms with Crippen LogP contribution in [-0.4, -0.2) is 19.1 Å². The van der Waals surface area contributed by atoms with Crippen molar-refractivity contribution >= 4 is 5.97 Å². The maximum atomic E-state index is 13.0. The van der Waals surface area contributed by atoms with Gasteiger partial charge in [0.25, 0.3) is 0 Å². The highest BCUT2D eigenvalue weighted by Gasteiger charge is 2.39. The van der Waals surface area contributed by atoms with Crippen molar-refractivity contribution < 1.29 is 13.9 Å². The second kappa shape index (κ2) is 7.24. The zero-order chi connectivity index (χ0) is 14.3. The quantitative estimate of drug-likeness (QED) is 0.772. The van der Waals surface area contributed by atoms with Crippen LogP contribution in [-0.2, 0) is 15.1 Å². The summed E-state index contributed by atoms with van der Waals surface area (Å²) in [5, 5.41) is 3.26. The molecule has 1 aromatic carbocycles. The van der Waals surface area contributed by atoms with Crippen molar-refractivity contribution in [3.8, 4) is 0 Å². The Hall–Kier alpha value is -1.42. The average Bonchev–Trinajstić information content (AvgIpc) is 2.42. The van der Waals surface area contributed by atoms with Crippen molar-refractivity contribution in [1.29, 1.82) is 0 Å². The highest BCUT2D eigenvalue weighted by molar-refractivity contribution is 5.82. The lowest BCUT2D eigenvalue weighted by Gasteiger charge is -2.32. The van der Waals surface area contributed by atoms with Crippen LogP contribution in [0.2, 0.25) is 0 Å². The lowest BCUT2D eigenvalue weighted by atomic mass is 9.87. The van der Waals surface area contributed by atoms with Gasteiger partial charge >= 0.3 is 5.97 Å². The summed E-state index contributed by atoms with van der Waals surface area (Å²) in [6.45, 7) is 6.76. The number of halogens is 1. The highest BCUT2D eigenvalue weighted by atomic mass is 19.1. The molecular formula is C15H22FNO2. The van der Waals surface area contributed by atoms with E-state index in [4.69, 9.17) is 4.74 Å². The van der Waals surface area contributed by atoms with E-state index in [2.05, 4.69) is 5.32 Å². The van der Waals surface area contributed by atoms with Gasteiger partial charge in [-0.05, 0) is 44.0 Å². The largest absolute Gasteiger partial charge is 0.464 e. The Labute approximate surface area is 114 Å². The Morgan fingerprint density at radius 1 is 1.26 bits per heavy atom. The third-order valence-corrected chi connectivity index (χ3v) is 3.17. The van der Waals surface area contributed by atoms with E-state index in [1.165, 1.54) is 12.1 Å². The van der Waals surface area contributed by atoms with Gasteiger partial charge in [0.2, 0.25) is 0 Å².